The fraction of sp³-hybridized carbons (Fsp3) is 0.600. The zero-order valence-corrected chi connectivity index (χ0v) is 11.3. The van der Waals surface area contributed by atoms with Gasteiger partial charge in [-0.3, -0.25) is 0 Å². The molecule has 1 aromatic carbocycles. The van der Waals surface area contributed by atoms with Gasteiger partial charge in [0.05, 0.1) is 6.61 Å². The monoisotopic (exact) mass is 269 g/mol. The minimum atomic E-state index is -0.526. The van der Waals surface area contributed by atoms with Gasteiger partial charge in [0, 0.05) is 18.7 Å². The maximum Gasteiger partial charge on any atom is 0.129 e. The zero-order chi connectivity index (χ0) is 13.7. The first-order valence-electron chi connectivity index (χ1n) is 6.95. The molecule has 0 radical (unpaired) electrons. The predicted molar refractivity (Wildman–Crippen MR) is 71.1 cm³/mol. The Hall–Kier alpha value is -1.00. The van der Waals surface area contributed by atoms with Gasteiger partial charge in [-0.2, -0.15) is 0 Å². The van der Waals surface area contributed by atoms with E-state index >= 15 is 0 Å². The summed E-state index contributed by atoms with van der Waals surface area (Å²) in [4.78, 5) is 0. The summed E-state index contributed by atoms with van der Waals surface area (Å²) < 4.78 is 32.1. The number of halogens is 2. The molecule has 2 unspecified atom stereocenters. The molecular formula is C15H21F2NO. The highest BCUT2D eigenvalue weighted by Crippen LogP contribution is 2.21. The molecule has 2 atom stereocenters. The first-order chi connectivity index (χ1) is 9.20. The Kier molecular flexibility index (Phi) is 5.28. The van der Waals surface area contributed by atoms with E-state index in [2.05, 4.69) is 5.32 Å². The molecule has 1 aliphatic rings. The summed E-state index contributed by atoms with van der Waals surface area (Å²) in [7, 11) is 0. The number of ether oxygens (including phenoxy) is 1. The van der Waals surface area contributed by atoms with Crippen LogP contribution in [0.4, 0.5) is 8.78 Å². The molecule has 1 aromatic rings. The van der Waals surface area contributed by atoms with Crippen LogP contribution in [0.25, 0.3) is 0 Å². The minimum Gasteiger partial charge on any atom is -0.381 e. The molecule has 1 fully saturated rings. The molecule has 0 aliphatic carbocycles. The van der Waals surface area contributed by atoms with E-state index in [1.165, 1.54) is 6.07 Å². The van der Waals surface area contributed by atoms with Gasteiger partial charge in [0.15, 0.2) is 0 Å². The quantitative estimate of drug-likeness (QED) is 0.887. The average Bonchev–Trinajstić information content (AvgIpc) is 2.42. The van der Waals surface area contributed by atoms with E-state index in [1.54, 1.807) is 6.07 Å². The molecule has 0 amide bonds. The zero-order valence-electron chi connectivity index (χ0n) is 11.3. The number of likely N-dealkylation sites (N-methyl/N-ethyl adjacent to an activating group) is 1. The number of nitrogens with one attached hydrogen (secondary N) is 1. The van der Waals surface area contributed by atoms with E-state index < -0.39 is 11.6 Å². The van der Waals surface area contributed by atoms with Crippen molar-refractivity contribution in [3.05, 3.63) is 35.4 Å². The summed E-state index contributed by atoms with van der Waals surface area (Å²) in [5.74, 6) is -0.583. The summed E-state index contributed by atoms with van der Waals surface area (Å²) in [6.07, 6.45) is 2.73. The van der Waals surface area contributed by atoms with Crippen LogP contribution in [0.3, 0.4) is 0 Å². The smallest absolute Gasteiger partial charge is 0.129 e. The van der Waals surface area contributed by atoms with Gasteiger partial charge in [0.2, 0.25) is 0 Å². The van der Waals surface area contributed by atoms with Crippen molar-refractivity contribution < 1.29 is 13.5 Å². The van der Waals surface area contributed by atoms with Gasteiger partial charge in [-0.05, 0) is 43.4 Å². The molecule has 19 heavy (non-hydrogen) atoms. The molecule has 0 aromatic heterocycles. The van der Waals surface area contributed by atoms with Crippen molar-refractivity contribution in [3.63, 3.8) is 0 Å². The Morgan fingerprint density at radius 1 is 1.42 bits per heavy atom. The van der Waals surface area contributed by atoms with Crippen molar-refractivity contribution in [2.75, 3.05) is 19.8 Å². The van der Waals surface area contributed by atoms with Crippen LogP contribution in [0.5, 0.6) is 0 Å². The highest BCUT2D eigenvalue weighted by molar-refractivity contribution is 5.20. The van der Waals surface area contributed by atoms with Crippen LogP contribution in [0.2, 0.25) is 0 Å². The molecule has 0 bridgehead atoms. The summed E-state index contributed by atoms with van der Waals surface area (Å²) in [5, 5.41) is 3.40. The van der Waals surface area contributed by atoms with Crippen molar-refractivity contribution in [2.24, 2.45) is 5.92 Å². The molecular weight excluding hydrogens is 248 g/mol. The molecule has 2 nitrogen and oxygen atoms in total. The lowest BCUT2D eigenvalue weighted by atomic mass is 9.89. The Morgan fingerprint density at radius 2 is 2.26 bits per heavy atom. The highest BCUT2D eigenvalue weighted by atomic mass is 19.1. The number of hydrogen-bond acceptors (Lipinski definition) is 2. The highest BCUT2D eigenvalue weighted by Gasteiger charge is 2.24. The lowest BCUT2D eigenvalue weighted by Gasteiger charge is -2.31. The van der Waals surface area contributed by atoms with Gasteiger partial charge < -0.3 is 10.1 Å². The van der Waals surface area contributed by atoms with Crippen molar-refractivity contribution in [1.82, 2.24) is 5.32 Å². The van der Waals surface area contributed by atoms with Gasteiger partial charge in [0.1, 0.15) is 11.6 Å². The second kappa shape index (κ2) is 6.96. The lowest BCUT2D eigenvalue weighted by molar-refractivity contribution is 0.0394. The van der Waals surface area contributed by atoms with Crippen LogP contribution >= 0.6 is 0 Å². The fourth-order valence-electron chi connectivity index (χ4n) is 2.67. The second-order valence-corrected chi connectivity index (χ2v) is 5.08. The molecule has 1 heterocycles. The van der Waals surface area contributed by atoms with Gasteiger partial charge in [-0.25, -0.2) is 8.78 Å². The third-order valence-corrected chi connectivity index (χ3v) is 3.69. The van der Waals surface area contributed by atoms with Gasteiger partial charge >= 0.3 is 0 Å². The molecule has 1 aliphatic heterocycles. The Labute approximate surface area is 113 Å². The van der Waals surface area contributed by atoms with Gasteiger partial charge in [-0.1, -0.05) is 13.0 Å². The predicted octanol–water partition coefficient (Wildman–Crippen LogP) is 2.91. The van der Waals surface area contributed by atoms with Crippen molar-refractivity contribution in [3.8, 4) is 0 Å². The van der Waals surface area contributed by atoms with E-state index in [0.717, 1.165) is 38.7 Å². The third-order valence-electron chi connectivity index (χ3n) is 3.69. The van der Waals surface area contributed by atoms with Gasteiger partial charge in [0.25, 0.3) is 0 Å². The fourth-order valence-corrected chi connectivity index (χ4v) is 2.67. The Morgan fingerprint density at radius 3 is 2.89 bits per heavy atom. The molecule has 2 rings (SSSR count). The lowest BCUT2D eigenvalue weighted by Crippen LogP contribution is -2.41. The molecule has 1 N–H and O–H groups in total. The number of hydrogen-bond donors (Lipinski definition) is 1. The van der Waals surface area contributed by atoms with Crippen LogP contribution in [0.1, 0.15) is 25.3 Å². The van der Waals surface area contributed by atoms with Crippen molar-refractivity contribution in [2.45, 2.75) is 32.2 Å². The number of benzene rings is 1. The van der Waals surface area contributed by atoms with Crippen LogP contribution < -0.4 is 5.32 Å². The van der Waals surface area contributed by atoms with Gasteiger partial charge in [-0.15, -0.1) is 0 Å². The minimum absolute atomic E-state index is 0.185. The first-order valence-corrected chi connectivity index (χ1v) is 6.95. The van der Waals surface area contributed by atoms with E-state index in [9.17, 15) is 8.78 Å². The van der Waals surface area contributed by atoms with Crippen molar-refractivity contribution in [1.29, 1.82) is 0 Å². The standard InChI is InChI=1S/C15H21F2NO/c1-2-18-15(12-4-3-7-19-10-12)8-11-5-6-13(16)9-14(11)17/h5-6,9,12,15,18H,2-4,7-8,10H2,1H3. The summed E-state index contributed by atoms with van der Waals surface area (Å²) in [6, 6.07) is 4.00. The third kappa shape index (κ3) is 3.98. The maximum absolute atomic E-state index is 13.7. The molecule has 0 spiro atoms. The van der Waals surface area contributed by atoms with E-state index in [-0.39, 0.29) is 6.04 Å². The second-order valence-electron chi connectivity index (χ2n) is 5.08. The first kappa shape index (κ1) is 14.4. The normalized spacial score (nSPS) is 21.3. The topological polar surface area (TPSA) is 21.3 Å². The van der Waals surface area contributed by atoms with Crippen LogP contribution in [0.15, 0.2) is 18.2 Å². The van der Waals surface area contributed by atoms with Crippen LogP contribution in [-0.2, 0) is 11.2 Å². The summed E-state index contributed by atoms with van der Waals surface area (Å²) in [5.41, 5.74) is 0.568. The molecule has 0 saturated carbocycles. The van der Waals surface area contributed by atoms with E-state index in [1.807, 2.05) is 6.92 Å². The summed E-state index contributed by atoms with van der Waals surface area (Å²) in [6.45, 7) is 4.42. The van der Waals surface area contributed by atoms with Crippen LogP contribution in [0, 0.1) is 17.6 Å². The largest absolute Gasteiger partial charge is 0.381 e. The Balaban J connectivity index is 2.06. The van der Waals surface area contributed by atoms with E-state index in [0.29, 0.717) is 17.9 Å². The summed E-state index contributed by atoms with van der Waals surface area (Å²) >= 11 is 0. The average molecular weight is 269 g/mol. The van der Waals surface area contributed by atoms with Crippen LogP contribution in [-0.4, -0.2) is 25.8 Å². The number of rotatable bonds is 5. The van der Waals surface area contributed by atoms with E-state index in [4.69, 9.17) is 4.74 Å². The van der Waals surface area contributed by atoms with Crippen molar-refractivity contribution >= 4 is 0 Å². The SMILES string of the molecule is CCNC(Cc1ccc(F)cc1F)C1CCCOC1. The Bertz CT molecular complexity index is 405. The maximum atomic E-state index is 13.7. The molecule has 4 heteroatoms. The molecule has 1 saturated heterocycles. The molecule has 106 valence electrons.